The van der Waals surface area contributed by atoms with Gasteiger partial charge in [0.15, 0.2) is 0 Å². The number of rotatable bonds is 0. The summed E-state index contributed by atoms with van der Waals surface area (Å²) in [5.74, 6) is 0. The predicted molar refractivity (Wildman–Crippen MR) is 50.1 cm³/mol. The van der Waals surface area contributed by atoms with Gasteiger partial charge in [0.25, 0.3) is 0 Å². The number of hydrogen-bond acceptors (Lipinski definition) is 1. The van der Waals surface area contributed by atoms with Crippen LogP contribution >= 0.6 is 0 Å². The average Bonchev–Trinajstić information content (AvgIpc) is 2.30. The van der Waals surface area contributed by atoms with Gasteiger partial charge in [0, 0.05) is 18.5 Å². The second kappa shape index (κ2) is 3.33. The van der Waals surface area contributed by atoms with Gasteiger partial charge in [-0.25, -0.2) is 4.39 Å². The van der Waals surface area contributed by atoms with E-state index in [1.807, 2.05) is 13.8 Å². The molecule has 1 aliphatic carbocycles. The summed E-state index contributed by atoms with van der Waals surface area (Å²) < 4.78 is 13.3. The lowest BCUT2D eigenvalue weighted by atomic mass is 9.74. The van der Waals surface area contributed by atoms with E-state index >= 15 is 0 Å². The lowest BCUT2D eigenvalue weighted by Crippen LogP contribution is -2.45. The zero-order valence-electron chi connectivity index (χ0n) is 8.41. The topological polar surface area (TPSA) is 12.0 Å². The summed E-state index contributed by atoms with van der Waals surface area (Å²) in [6.45, 7) is 6.26. The minimum atomic E-state index is -0.930. The van der Waals surface area contributed by atoms with Crippen LogP contribution in [0.5, 0.6) is 0 Å². The van der Waals surface area contributed by atoms with Crippen LogP contribution in [0.1, 0.15) is 46.5 Å². The molecule has 1 atom stereocenters. The monoisotopic (exact) mass is 173 g/mol. The summed E-state index contributed by atoms with van der Waals surface area (Å²) in [5, 5.41) is 3.28. The van der Waals surface area contributed by atoms with E-state index in [9.17, 15) is 4.39 Å². The van der Waals surface area contributed by atoms with Crippen LogP contribution in [0.3, 0.4) is 0 Å². The molecule has 2 fully saturated rings. The van der Waals surface area contributed by atoms with Gasteiger partial charge in [-0.15, -0.1) is 0 Å². The molecule has 2 heteroatoms. The largest absolute Gasteiger partial charge is 0.308 e. The fraction of sp³-hybridized carbons (Fsp3) is 1.00. The highest BCUT2D eigenvalue weighted by atomic mass is 19.1. The van der Waals surface area contributed by atoms with Gasteiger partial charge in [-0.1, -0.05) is 13.8 Å². The molecule has 0 aromatic heterocycles. The number of alkyl halides is 1. The summed E-state index contributed by atoms with van der Waals surface area (Å²) in [6.07, 6.45) is 4.39. The molecule has 0 aromatic carbocycles. The molecular formula is C10H20FN. The van der Waals surface area contributed by atoms with Gasteiger partial charge < -0.3 is 5.32 Å². The Morgan fingerprint density at radius 2 is 1.83 bits per heavy atom. The molecule has 1 spiro atoms. The second-order valence-corrected chi connectivity index (χ2v) is 4.08. The van der Waals surface area contributed by atoms with Crippen molar-refractivity contribution < 1.29 is 4.39 Å². The first-order chi connectivity index (χ1) is 5.62. The van der Waals surface area contributed by atoms with E-state index in [0.717, 1.165) is 6.42 Å². The van der Waals surface area contributed by atoms with E-state index < -0.39 is 5.67 Å². The standard InChI is InChI=1S/C8H14FN.C2H6/c1-7(9)5-8(10-6-7)3-2-4-8;1-2/h10H,2-6H2,1H3;1-2H3. The predicted octanol–water partition coefficient (Wildman–Crippen LogP) is 2.66. The molecule has 1 unspecified atom stereocenters. The molecule has 1 nitrogen and oxygen atoms in total. The van der Waals surface area contributed by atoms with Crippen LogP contribution in [0.15, 0.2) is 0 Å². The molecule has 12 heavy (non-hydrogen) atoms. The highest BCUT2D eigenvalue weighted by molar-refractivity contribution is 5.07. The lowest BCUT2D eigenvalue weighted by molar-refractivity contribution is 0.160. The molecule has 0 amide bonds. The van der Waals surface area contributed by atoms with Gasteiger partial charge in [-0.05, 0) is 26.2 Å². The van der Waals surface area contributed by atoms with Crippen LogP contribution in [0.4, 0.5) is 4.39 Å². The van der Waals surface area contributed by atoms with E-state index in [-0.39, 0.29) is 5.54 Å². The first-order valence-electron chi connectivity index (χ1n) is 5.06. The zero-order valence-corrected chi connectivity index (χ0v) is 8.41. The molecular weight excluding hydrogens is 153 g/mol. The Balaban J connectivity index is 0.000000336. The molecule has 0 bridgehead atoms. The molecule has 0 aromatic rings. The number of nitrogens with one attached hydrogen (secondary N) is 1. The Kier molecular flexibility index (Phi) is 2.77. The molecule has 0 radical (unpaired) electrons. The third-order valence-electron chi connectivity index (χ3n) is 2.85. The Hall–Kier alpha value is -0.110. The van der Waals surface area contributed by atoms with Crippen molar-refractivity contribution in [2.24, 2.45) is 0 Å². The van der Waals surface area contributed by atoms with Crippen LogP contribution in [0.25, 0.3) is 0 Å². The third-order valence-corrected chi connectivity index (χ3v) is 2.85. The maximum atomic E-state index is 13.3. The van der Waals surface area contributed by atoms with Crippen molar-refractivity contribution in [3.63, 3.8) is 0 Å². The van der Waals surface area contributed by atoms with Crippen molar-refractivity contribution >= 4 is 0 Å². The van der Waals surface area contributed by atoms with Gasteiger partial charge in [0.2, 0.25) is 0 Å². The number of hydrogen-bond donors (Lipinski definition) is 1. The number of halogens is 1. The minimum Gasteiger partial charge on any atom is -0.308 e. The quantitative estimate of drug-likeness (QED) is 0.594. The van der Waals surface area contributed by atoms with Crippen LogP contribution in [0.2, 0.25) is 0 Å². The van der Waals surface area contributed by atoms with Crippen LogP contribution in [-0.4, -0.2) is 17.8 Å². The Bertz CT molecular complexity index is 150. The SMILES string of the molecule is CC.CC1(F)CNC2(CCC2)C1. The first kappa shape index (κ1) is 9.97. The highest BCUT2D eigenvalue weighted by Crippen LogP contribution is 2.43. The zero-order chi connectivity index (χ0) is 9.24. The summed E-state index contributed by atoms with van der Waals surface area (Å²) in [6, 6.07) is 0. The van der Waals surface area contributed by atoms with Crippen molar-refractivity contribution in [3.05, 3.63) is 0 Å². The van der Waals surface area contributed by atoms with E-state index in [0.29, 0.717) is 6.54 Å². The van der Waals surface area contributed by atoms with Crippen molar-refractivity contribution in [2.45, 2.75) is 57.7 Å². The molecule has 2 aliphatic rings. The van der Waals surface area contributed by atoms with Gasteiger partial charge in [-0.3, -0.25) is 0 Å². The smallest absolute Gasteiger partial charge is 0.122 e. The fourth-order valence-corrected chi connectivity index (χ4v) is 2.16. The van der Waals surface area contributed by atoms with E-state index in [1.165, 1.54) is 19.3 Å². The molecule has 1 saturated heterocycles. The molecule has 1 heterocycles. The maximum Gasteiger partial charge on any atom is 0.122 e. The fourth-order valence-electron chi connectivity index (χ4n) is 2.16. The van der Waals surface area contributed by atoms with E-state index in [4.69, 9.17) is 0 Å². The highest BCUT2D eigenvalue weighted by Gasteiger charge is 2.48. The first-order valence-corrected chi connectivity index (χ1v) is 5.06. The van der Waals surface area contributed by atoms with Crippen LogP contribution in [0, 0.1) is 0 Å². The molecule has 72 valence electrons. The Morgan fingerprint density at radius 1 is 1.25 bits per heavy atom. The van der Waals surface area contributed by atoms with Crippen molar-refractivity contribution in [3.8, 4) is 0 Å². The average molecular weight is 173 g/mol. The van der Waals surface area contributed by atoms with Crippen LogP contribution < -0.4 is 5.32 Å². The van der Waals surface area contributed by atoms with Crippen LogP contribution in [-0.2, 0) is 0 Å². The van der Waals surface area contributed by atoms with Gasteiger partial charge in [-0.2, -0.15) is 0 Å². The van der Waals surface area contributed by atoms with Crippen molar-refractivity contribution in [1.29, 1.82) is 0 Å². The Labute approximate surface area is 74.7 Å². The summed E-state index contributed by atoms with van der Waals surface area (Å²) in [7, 11) is 0. The Morgan fingerprint density at radius 3 is 2.00 bits per heavy atom. The maximum absolute atomic E-state index is 13.3. The summed E-state index contributed by atoms with van der Waals surface area (Å²) in [4.78, 5) is 0. The normalized spacial score (nSPS) is 37.0. The van der Waals surface area contributed by atoms with Gasteiger partial charge in [0.1, 0.15) is 5.67 Å². The van der Waals surface area contributed by atoms with E-state index in [2.05, 4.69) is 5.32 Å². The van der Waals surface area contributed by atoms with E-state index in [1.54, 1.807) is 6.92 Å². The van der Waals surface area contributed by atoms with Gasteiger partial charge >= 0.3 is 0 Å². The third kappa shape index (κ3) is 1.79. The molecule has 2 rings (SSSR count). The molecule has 1 aliphatic heterocycles. The lowest BCUT2D eigenvalue weighted by Gasteiger charge is -2.38. The molecule has 1 saturated carbocycles. The molecule has 1 N–H and O–H groups in total. The second-order valence-electron chi connectivity index (χ2n) is 4.08. The van der Waals surface area contributed by atoms with Crippen molar-refractivity contribution in [1.82, 2.24) is 5.32 Å². The minimum absolute atomic E-state index is 0.226. The van der Waals surface area contributed by atoms with Crippen molar-refractivity contribution in [2.75, 3.05) is 6.54 Å². The van der Waals surface area contributed by atoms with Gasteiger partial charge in [0.05, 0.1) is 0 Å². The summed E-state index contributed by atoms with van der Waals surface area (Å²) >= 11 is 0. The summed E-state index contributed by atoms with van der Waals surface area (Å²) in [5.41, 5.74) is -0.704.